The number of ether oxygens (including phenoxy) is 1. The van der Waals surface area contributed by atoms with E-state index in [0.717, 1.165) is 12.8 Å². The third-order valence-electron chi connectivity index (χ3n) is 4.58. The van der Waals surface area contributed by atoms with Gasteiger partial charge in [0.2, 0.25) is 0 Å². The van der Waals surface area contributed by atoms with Crippen LogP contribution in [0.5, 0.6) is 0 Å². The molecule has 2 atom stereocenters. The number of carbonyl (C=O) groups excluding carboxylic acids is 1. The third kappa shape index (κ3) is 16.9. The molecule has 0 aromatic heterocycles. The van der Waals surface area contributed by atoms with Crippen molar-refractivity contribution in [3.8, 4) is 0 Å². The number of halogens is 1. The molecule has 0 saturated heterocycles. The van der Waals surface area contributed by atoms with Crippen molar-refractivity contribution in [1.82, 2.24) is 0 Å². The molecule has 0 aromatic carbocycles. The van der Waals surface area contributed by atoms with E-state index < -0.39 is 18.1 Å². The van der Waals surface area contributed by atoms with E-state index in [4.69, 9.17) is 10.5 Å². The first-order valence-electron chi connectivity index (χ1n) is 10.2. The van der Waals surface area contributed by atoms with Crippen LogP contribution >= 0.6 is 12.4 Å². The summed E-state index contributed by atoms with van der Waals surface area (Å²) >= 11 is 0. The number of aliphatic hydroxyl groups is 1. The number of hydrogen-bond donors (Lipinski definition) is 2. The van der Waals surface area contributed by atoms with Crippen LogP contribution in [0.3, 0.4) is 0 Å². The Labute approximate surface area is 161 Å². The van der Waals surface area contributed by atoms with E-state index in [-0.39, 0.29) is 12.4 Å². The molecule has 0 bridgehead atoms. The van der Waals surface area contributed by atoms with Crippen molar-refractivity contribution in [2.45, 2.75) is 116 Å². The fourth-order valence-electron chi connectivity index (χ4n) is 2.95. The van der Waals surface area contributed by atoms with Crippen molar-refractivity contribution in [1.29, 1.82) is 0 Å². The maximum Gasteiger partial charge on any atom is 0.325 e. The molecule has 0 aliphatic heterocycles. The van der Waals surface area contributed by atoms with Crippen LogP contribution in [-0.2, 0) is 9.53 Å². The van der Waals surface area contributed by atoms with Gasteiger partial charge < -0.3 is 15.6 Å². The normalized spacial score (nSPS) is 13.1. The van der Waals surface area contributed by atoms with Gasteiger partial charge >= 0.3 is 5.97 Å². The molecule has 152 valence electrons. The van der Waals surface area contributed by atoms with Gasteiger partial charge in [-0.05, 0) is 13.3 Å². The molecule has 0 amide bonds. The minimum atomic E-state index is -0.901. The maximum atomic E-state index is 11.4. The molecular formula is C20H42ClNO3. The molecule has 25 heavy (non-hydrogen) atoms. The summed E-state index contributed by atoms with van der Waals surface area (Å²) in [4.78, 5) is 11.4. The van der Waals surface area contributed by atoms with Gasteiger partial charge in [-0.1, -0.05) is 90.4 Å². The Hall–Kier alpha value is -0.320. The monoisotopic (exact) mass is 379 g/mol. The molecule has 3 N–H and O–H groups in total. The van der Waals surface area contributed by atoms with Crippen LogP contribution in [0.2, 0.25) is 0 Å². The van der Waals surface area contributed by atoms with Gasteiger partial charge in [0.25, 0.3) is 0 Å². The lowest BCUT2D eigenvalue weighted by Gasteiger charge is -2.17. The topological polar surface area (TPSA) is 72.5 Å². The van der Waals surface area contributed by atoms with Gasteiger partial charge in [-0.3, -0.25) is 4.79 Å². The average molecular weight is 380 g/mol. The summed E-state index contributed by atoms with van der Waals surface area (Å²) in [6, 6.07) is -0.901. The second-order valence-corrected chi connectivity index (χ2v) is 6.88. The molecular weight excluding hydrogens is 338 g/mol. The minimum Gasteiger partial charge on any atom is -0.465 e. The lowest BCUT2D eigenvalue weighted by molar-refractivity contribution is -0.147. The zero-order chi connectivity index (χ0) is 18.0. The minimum absolute atomic E-state index is 0. The highest BCUT2D eigenvalue weighted by molar-refractivity contribution is 5.85. The van der Waals surface area contributed by atoms with Crippen molar-refractivity contribution in [3.63, 3.8) is 0 Å². The van der Waals surface area contributed by atoms with Gasteiger partial charge in [-0.2, -0.15) is 0 Å². The number of unbranched alkanes of at least 4 members (excludes halogenated alkanes) is 12. The SMILES string of the molecule is CCCCCCCCCCCCCCC[C@@H](O)[C@@H](N)C(=O)OCC.Cl. The Balaban J connectivity index is 0. The van der Waals surface area contributed by atoms with E-state index in [0.29, 0.717) is 13.0 Å². The maximum absolute atomic E-state index is 11.4. The van der Waals surface area contributed by atoms with Crippen molar-refractivity contribution in [2.75, 3.05) is 6.61 Å². The summed E-state index contributed by atoms with van der Waals surface area (Å²) in [5.74, 6) is -0.500. The lowest BCUT2D eigenvalue weighted by Crippen LogP contribution is -2.43. The summed E-state index contributed by atoms with van der Waals surface area (Å²) in [6.45, 7) is 4.30. The fourth-order valence-corrected chi connectivity index (χ4v) is 2.95. The predicted octanol–water partition coefficient (Wildman–Crippen LogP) is 5.14. The number of hydrogen-bond acceptors (Lipinski definition) is 4. The largest absolute Gasteiger partial charge is 0.465 e. The van der Waals surface area contributed by atoms with Gasteiger partial charge in [0, 0.05) is 0 Å². The number of carbonyl (C=O) groups is 1. The second-order valence-electron chi connectivity index (χ2n) is 6.88. The van der Waals surface area contributed by atoms with Gasteiger partial charge in [-0.15, -0.1) is 12.4 Å². The molecule has 0 aromatic rings. The van der Waals surface area contributed by atoms with E-state index in [2.05, 4.69) is 6.92 Å². The van der Waals surface area contributed by atoms with Gasteiger partial charge in [-0.25, -0.2) is 0 Å². The first kappa shape index (κ1) is 26.9. The summed E-state index contributed by atoms with van der Waals surface area (Å²) in [7, 11) is 0. The zero-order valence-electron chi connectivity index (χ0n) is 16.5. The van der Waals surface area contributed by atoms with Crippen LogP contribution in [0.1, 0.15) is 104 Å². The average Bonchev–Trinajstić information content (AvgIpc) is 2.58. The molecule has 0 spiro atoms. The van der Waals surface area contributed by atoms with Crippen molar-refractivity contribution in [2.24, 2.45) is 5.73 Å². The first-order chi connectivity index (χ1) is 11.6. The van der Waals surface area contributed by atoms with Crippen LogP contribution < -0.4 is 5.73 Å². The zero-order valence-corrected chi connectivity index (χ0v) is 17.3. The Bertz CT molecular complexity index is 290. The highest BCUT2D eigenvalue weighted by Crippen LogP contribution is 2.14. The predicted molar refractivity (Wildman–Crippen MR) is 108 cm³/mol. The molecule has 0 aliphatic rings. The van der Waals surface area contributed by atoms with Gasteiger partial charge in [0.15, 0.2) is 0 Å². The molecule has 5 heteroatoms. The standard InChI is InChI=1S/C20H41NO3.ClH/c1-3-5-6-7-8-9-10-11-12-13-14-15-16-17-18(22)19(21)20(23)24-4-2;/h18-19,22H,3-17,21H2,1-2H3;1H/t18-,19-;/m1./s1. The van der Waals surface area contributed by atoms with Crippen LogP contribution in [-0.4, -0.2) is 29.8 Å². The van der Waals surface area contributed by atoms with E-state index in [1.807, 2.05) is 0 Å². The lowest BCUT2D eigenvalue weighted by atomic mass is 10.0. The molecule has 0 saturated carbocycles. The van der Waals surface area contributed by atoms with Crippen molar-refractivity contribution < 1.29 is 14.6 Å². The molecule has 4 nitrogen and oxygen atoms in total. The molecule has 0 fully saturated rings. The third-order valence-corrected chi connectivity index (χ3v) is 4.58. The van der Waals surface area contributed by atoms with E-state index in [9.17, 15) is 9.90 Å². The molecule has 0 radical (unpaired) electrons. The Kier molecular flexibility index (Phi) is 21.5. The summed E-state index contributed by atoms with van der Waals surface area (Å²) in [6.07, 6.45) is 16.7. The number of aliphatic hydroxyl groups excluding tert-OH is 1. The van der Waals surface area contributed by atoms with Gasteiger partial charge in [0.1, 0.15) is 6.04 Å². The highest BCUT2D eigenvalue weighted by Gasteiger charge is 2.23. The van der Waals surface area contributed by atoms with Crippen LogP contribution in [0.15, 0.2) is 0 Å². The van der Waals surface area contributed by atoms with Crippen LogP contribution in [0, 0.1) is 0 Å². The van der Waals surface area contributed by atoms with Crippen LogP contribution in [0.4, 0.5) is 0 Å². The van der Waals surface area contributed by atoms with E-state index in [1.54, 1.807) is 6.92 Å². The molecule has 0 unspecified atom stereocenters. The molecule has 0 heterocycles. The Morgan fingerprint density at radius 2 is 1.24 bits per heavy atom. The van der Waals surface area contributed by atoms with Crippen LogP contribution in [0.25, 0.3) is 0 Å². The number of esters is 1. The fraction of sp³-hybridized carbons (Fsp3) is 0.950. The number of nitrogens with two attached hydrogens (primary N) is 1. The van der Waals surface area contributed by atoms with E-state index >= 15 is 0 Å². The van der Waals surface area contributed by atoms with E-state index in [1.165, 1.54) is 70.6 Å². The second kappa shape index (κ2) is 20.0. The number of rotatable bonds is 17. The molecule has 0 aliphatic carbocycles. The quantitative estimate of drug-likeness (QED) is 0.271. The summed E-state index contributed by atoms with van der Waals surface area (Å²) < 4.78 is 4.82. The highest BCUT2D eigenvalue weighted by atomic mass is 35.5. The van der Waals surface area contributed by atoms with Gasteiger partial charge in [0.05, 0.1) is 12.7 Å². The summed E-state index contributed by atoms with van der Waals surface area (Å²) in [5.41, 5.74) is 5.67. The van der Waals surface area contributed by atoms with Crippen molar-refractivity contribution >= 4 is 18.4 Å². The molecule has 0 rings (SSSR count). The summed E-state index contributed by atoms with van der Waals surface area (Å²) in [5, 5.41) is 9.87. The van der Waals surface area contributed by atoms with Crippen molar-refractivity contribution in [3.05, 3.63) is 0 Å². The Morgan fingerprint density at radius 1 is 0.840 bits per heavy atom. The smallest absolute Gasteiger partial charge is 0.325 e. The Morgan fingerprint density at radius 3 is 1.64 bits per heavy atom. The first-order valence-corrected chi connectivity index (χ1v) is 10.2.